The lowest BCUT2D eigenvalue weighted by Gasteiger charge is -2.11. The molecule has 7 heteroatoms. The summed E-state index contributed by atoms with van der Waals surface area (Å²) < 4.78 is 16.5. The Morgan fingerprint density at radius 1 is 1.00 bits per heavy atom. The van der Waals surface area contributed by atoms with Crippen LogP contribution in [-0.4, -0.2) is 13.0 Å². The van der Waals surface area contributed by atoms with Gasteiger partial charge in [-0.05, 0) is 52.3 Å². The van der Waals surface area contributed by atoms with Crippen LogP contribution in [0.1, 0.15) is 10.6 Å². The number of amides is 1. The lowest BCUT2D eigenvalue weighted by molar-refractivity contribution is 0.0995. The van der Waals surface area contributed by atoms with Gasteiger partial charge in [0.1, 0.15) is 11.3 Å². The predicted molar refractivity (Wildman–Crippen MR) is 109 cm³/mol. The van der Waals surface area contributed by atoms with E-state index < -0.39 is 11.5 Å². The molecule has 0 unspecified atom stereocenters. The van der Waals surface area contributed by atoms with E-state index in [9.17, 15) is 9.59 Å². The van der Waals surface area contributed by atoms with Gasteiger partial charge in [-0.3, -0.25) is 4.79 Å². The van der Waals surface area contributed by atoms with Crippen LogP contribution < -0.4 is 15.7 Å². The number of carbonyl (C=O) groups is 1. The van der Waals surface area contributed by atoms with Gasteiger partial charge < -0.3 is 18.9 Å². The third-order valence-corrected chi connectivity index (χ3v) is 4.61. The Kier molecular flexibility index (Phi) is 4.75. The molecule has 0 aliphatic rings. The van der Waals surface area contributed by atoms with Crippen molar-refractivity contribution in [3.8, 4) is 16.9 Å². The van der Waals surface area contributed by atoms with Gasteiger partial charge in [0.25, 0.3) is 5.91 Å². The van der Waals surface area contributed by atoms with E-state index in [1.807, 2.05) is 12.1 Å². The average molecular weight is 440 g/mol. The van der Waals surface area contributed by atoms with Crippen molar-refractivity contribution < 1.29 is 18.4 Å². The summed E-state index contributed by atoms with van der Waals surface area (Å²) in [6.45, 7) is 0. The van der Waals surface area contributed by atoms with E-state index in [0.29, 0.717) is 32.8 Å². The monoisotopic (exact) mass is 439 g/mol. The molecule has 4 aromatic rings. The van der Waals surface area contributed by atoms with Crippen LogP contribution in [0.3, 0.4) is 0 Å². The third kappa shape index (κ3) is 3.44. The van der Waals surface area contributed by atoms with E-state index in [-0.39, 0.29) is 5.76 Å². The third-order valence-electron chi connectivity index (χ3n) is 4.19. The summed E-state index contributed by atoms with van der Waals surface area (Å²) in [4.78, 5) is 24.7. The second kappa shape index (κ2) is 7.36. The van der Waals surface area contributed by atoms with Gasteiger partial charge in [-0.2, -0.15) is 0 Å². The molecular weight excluding hydrogens is 426 g/mol. The Morgan fingerprint density at radius 2 is 1.82 bits per heavy atom. The minimum absolute atomic E-state index is 0.171. The molecule has 0 fully saturated rings. The number of furan rings is 1. The van der Waals surface area contributed by atoms with E-state index in [0.717, 1.165) is 5.39 Å². The lowest BCUT2D eigenvalue weighted by Crippen LogP contribution is -2.11. The highest BCUT2D eigenvalue weighted by atomic mass is 79.9. The molecule has 0 saturated heterocycles. The molecule has 0 aliphatic heterocycles. The van der Waals surface area contributed by atoms with E-state index in [2.05, 4.69) is 21.2 Å². The van der Waals surface area contributed by atoms with Crippen molar-refractivity contribution in [2.24, 2.45) is 0 Å². The molecule has 2 aromatic carbocycles. The molecule has 2 aromatic heterocycles. The number of para-hydroxylation sites is 1. The van der Waals surface area contributed by atoms with E-state index in [1.165, 1.54) is 7.11 Å². The molecule has 0 radical (unpaired) electrons. The molecule has 28 heavy (non-hydrogen) atoms. The normalized spacial score (nSPS) is 10.8. The molecular formula is C21H14BrNO5. The highest BCUT2D eigenvalue weighted by molar-refractivity contribution is 9.10. The highest BCUT2D eigenvalue weighted by Crippen LogP contribution is 2.32. The summed E-state index contributed by atoms with van der Waals surface area (Å²) in [5.74, 6) is 0.205. The Bertz CT molecular complexity index is 1240. The van der Waals surface area contributed by atoms with Gasteiger partial charge in [0.2, 0.25) is 0 Å². The molecule has 0 aliphatic carbocycles. The number of benzene rings is 2. The minimum Gasteiger partial charge on any atom is -0.496 e. The van der Waals surface area contributed by atoms with Crippen molar-refractivity contribution in [3.05, 3.63) is 81.5 Å². The van der Waals surface area contributed by atoms with Crippen LogP contribution in [0.2, 0.25) is 0 Å². The standard InChI is InChI=1S/C21H14BrNO5/c1-26-18-11-13(23-20(24)17-8-9-19(22)27-17)6-7-14(18)15-10-12-4-2-3-5-16(12)28-21(15)25/h2-11H,1H3,(H,23,24). The molecule has 0 bridgehead atoms. The van der Waals surface area contributed by atoms with Crippen molar-refractivity contribution in [2.75, 3.05) is 12.4 Å². The van der Waals surface area contributed by atoms with Gasteiger partial charge in [-0.25, -0.2) is 4.79 Å². The summed E-state index contributed by atoms with van der Waals surface area (Å²) >= 11 is 3.16. The molecule has 140 valence electrons. The summed E-state index contributed by atoms with van der Waals surface area (Å²) in [7, 11) is 1.50. The Balaban J connectivity index is 1.70. The van der Waals surface area contributed by atoms with Gasteiger partial charge in [-0.1, -0.05) is 18.2 Å². The first kappa shape index (κ1) is 18.1. The maximum Gasteiger partial charge on any atom is 0.344 e. The first-order valence-corrected chi connectivity index (χ1v) is 9.12. The van der Waals surface area contributed by atoms with Crippen LogP contribution in [0.15, 0.2) is 79.0 Å². The van der Waals surface area contributed by atoms with Gasteiger partial charge in [0.15, 0.2) is 10.4 Å². The number of halogens is 1. The minimum atomic E-state index is -0.464. The smallest absolute Gasteiger partial charge is 0.344 e. The zero-order chi connectivity index (χ0) is 19.7. The van der Waals surface area contributed by atoms with Crippen molar-refractivity contribution in [1.29, 1.82) is 0 Å². The van der Waals surface area contributed by atoms with Crippen LogP contribution >= 0.6 is 15.9 Å². The molecule has 1 N–H and O–H groups in total. The summed E-state index contributed by atoms with van der Waals surface area (Å²) in [5, 5.41) is 3.54. The van der Waals surface area contributed by atoms with Gasteiger partial charge >= 0.3 is 5.63 Å². The second-order valence-electron chi connectivity index (χ2n) is 5.96. The largest absolute Gasteiger partial charge is 0.496 e. The van der Waals surface area contributed by atoms with Crippen molar-refractivity contribution in [1.82, 2.24) is 0 Å². The van der Waals surface area contributed by atoms with Crippen LogP contribution in [-0.2, 0) is 0 Å². The van der Waals surface area contributed by atoms with Gasteiger partial charge in [0, 0.05) is 22.7 Å². The van der Waals surface area contributed by atoms with Crippen LogP contribution in [0, 0.1) is 0 Å². The molecule has 0 saturated carbocycles. The molecule has 0 atom stereocenters. The first-order valence-electron chi connectivity index (χ1n) is 8.33. The van der Waals surface area contributed by atoms with E-state index >= 15 is 0 Å². The maximum absolute atomic E-state index is 12.4. The van der Waals surface area contributed by atoms with Crippen molar-refractivity contribution >= 4 is 38.5 Å². The molecule has 1 amide bonds. The number of nitrogens with one attached hydrogen (secondary N) is 1. The van der Waals surface area contributed by atoms with E-state index in [4.69, 9.17) is 13.6 Å². The highest BCUT2D eigenvalue weighted by Gasteiger charge is 2.15. The van der Waals surface area contributed by atoms with Gasteiger partial charge in [-0.15, -0.1) is 0 Å². The number of carbonyl (C=O) groups excluding carboxylic acids is 1. The number of methoxy groups -OCH3 is 1. The van der Waals surface area contributed by atoms with E-state index in [1.54, 1.807) is 48.5 Å². The maximum atomic E-state index is 12.4. The Labute approximate surface area is 167 Å². The van der Waals surface area contributed by atoms with Crippen molar-refractivity contribution in [3.63, 3.8) is 0 Å². The fraction of sp³-hybridized carbons (Fsp3) is 0.0476. The first-order chi connectivity index (χ1) is 13.5. The average Bonchev–Trinajstić information content (AvgIpc) is 3.14. The fourth-order valence-corrected chi connectivity index (χ4v) is 3.18. The quantitative estimate of drug-likeness (QED) is 0.448. The number of ether oxygens (including phenoxy) is 1. The number of fused-ring (bicyclic) bond motifs is 1. The van der Waals surface area contributed by atoms with Crippen molar-refractivity contribution in [2.45, 2.75) is 0 Å². The zero-order valence-electron chi connectivity index (χ0n) is 14.7. The SMILES string of the molecule is COc1cc(NC(=O)c2ccc(Br)o2)ccc1-c1cc2ccccc2oc1=O. The summed E-state index contributed by atoms with van der Waals surface area (Å²) in [5.41, 5.74) is 1.50. The Morgan fingerprint density at radius 3 is 2.57 bits per heavy atom. The molecule has 2 heterocycles. The van der Waals surface area contributed by atoms with Crippen LogP contribution in [0.5, 0.6) is 5.75 Å². The lowest BCUT2D eigenvalue weighted by atomic mass is 10.0. The zero-order valence-corrected chi connectivity index (χ0v) is 16.3. The fourth-order valence-electron chi connectivity index (χ4n) is 2.87. The van der Waals surface area contributed by atoms with Gasteiger partial charge in [0.05, 0.1) is 12.7 Å². The summed E-state index contributed by atoms with van der Waals surface area (Å²) in [6, 6.07) is 17.3. The predicted octanol–water partition coefficient (Wildman–Crippen LogP) is 5.08. The van der Waals surface area contributed by atoms with Crippen LogP contribution in [0.4, 0.5) is 5.69 Å². The number of hydrogen-bond acceptors (Lipinski definition) is 5. The topological polar surface area (TPSA) is 81.7 Å². The molecule has 0 spiro atoms. The number of anilines is 1. The molecule has 4 rings (SSSR count). The molecule has 6 nitrogen and oxygen atoms in total. The number of rotatable bonds is 4. The second-order valence-corrected chi connectivity index (χ2v) is 6.74. The summed E-state index contributed by atoms with van der Waals surface area (Å²) in [6.07, 6.45) is 0. The Hall–Kier alpha value is -3.32. The van der Waals surface area contributed by atoms with Crippen LogP contribution in [0.25, 0.3) is 22.1 Å². The number of hydrogen-bond donors (Lipinski definition) is 1.